The summed E-state index contributed by atoms with van der Waals surface area (Å²) < 4.78 is 28.5. The zero-order valence-electron chi connectivity index (χ0n) is 14.0. The SMILES string of the molecule is CC(=O)c1c(C)[nH]c(C(=O)COc2cccc(S(C)(=O)=O)c2)c1C. The number of ether oxygens (including phenoxy) is 1. The average molecular weight is 349 g/mol. The molecule has 0 amide bonds. The highest BCUT2D eigenvalue weighted by Gasteiger charge is 2.20. The van der Waals surface area contributed by atoms with Crippen molar-refractivity contribution in [3.8, 4) is 5.75 Å². The minimum atomic E-state index is -3.34. The van der Waals surface area contributed by atoms with E-state index in [4.69, 9.17) is 4.74 Å². The van der Waals surface area contributed by atoms with Crippen molar-refractivity contribution in [2.75, 3.05) is 12.9 Å². The Bertz CT molecular complexity index is 909. The van der Waals surface area contributed by atoms with Crippen molar-refractivity contribution in [3.05, 3.63) is 46.8 Å². The molecule has 0 radical (unpaired) electrons. The first-order chi connectivity index (χ1) is 11.1. The zero-order valence-corrected chi connectivity index (χ0v) is 14.8. The summed E-state index contributed by atoms with van der Waals surface area (Å²) in [6.45, 7) is 4.63. The predicted molar refractivity (Wildman–Crippen MR) is 89.6 cm³/mol. The quantitative estimate of drug-likeness (QED) is 0.809. The molecule has 6 nitrogen and oxygen atoms in total. The molecule has 0 aliphatic rings. The number of rotatable bonds is 6. The number of sulfone groups is 1. The molecule has 7 heteroatoms. The number of hydrogen-bond donors (Lipinski definition) is 1. The van der Waals surface area contributed by atoms with Gasteiger partial charge in [0.15, 0.2) is 22.2 Å². The molecule has 0 aliphatic carbocycles. The molecule has 0 spiro atoms. The maximum Gasteiger partial charge on any atom is 0.216 e. The van der Waals surface area contributed by atoms with Crippen LogP contribution in [-0.2, 0) is 9.84 Å². The molecule has 128 valence electrons. The lowest BCUT2D eigenvalue weighted by Gasteiger charge is -2.07. The third kappa shape index (κ3) is 3.73. The first-order valence-electron chi connectivity index (χ1n) is 7.27. The second-order valence-corrected chi connectivity index (χ2v) is 7.66. The molecule has 0 fully saturated rings. The Morgan fingerprint density at radius 3 is 2.42 bits per heavy atom. The Morgan fingerprint density at radius 1 is 1.21 bits per heavy atom. The lowest BCUT2D eigenvalue weighted by molar-refractivity contribution is 0.0916. The lowest BCUT2D eigenvalue weighted by atomic mass is 10.1. The van der Waals surface area contributed by atoms with Gasteiger partial charge in [0.25, 0.3) is 0 Å². The van der Waals surface area contributed by atoms with Gasteiger partial charge in [0.2, 0.25) is 5.78 Å². The number of ketones is 2. The van der Waals surface area contributed by atoms with Crippen LogP contribution < -0.4 is 4.74 Å². The molecule has 2 aromatic rings. The van der Waals surface area contributed by atoms with Gasteiger partial charge in [0, 0.05) is 17.5 Å². The van der Waals surface area contributed by atoms with Gasteiger partial charge in [0.05, 0.1) is 10.6 Å². The molecule has 0 bridgehead atoms. The number of carbonyl (C=O) groups excluding carboxylic acids is 2. The molecule has 2 rings (SSSR count). The van der Waals surface area contributed by atoms with Gasteiger partial charge in [-0.3, -0.25) is 9.59 Å². The normalized spacial score (nSPS) is 11.3. The minimum Gasteiger partial charge on any atom is -0.485 e. The Balaban J connectivity index is 2.18. The fourth-order valence-corrected chi connectivity index (χ4v) is 3.23. The molecular weight excluding hydrogens is 330 g/mol. The van der Waals surface area contributed by atoms with Crippen LogP contribution in [0.1, 0.15) is 39.0 Å². The molecular formula is C17H19NO5S. The van der Waals surface area contributed by atoms with Crippen LogP contribution in [0.15, 0.2) is 29.2 Å². The summed E-state index contributed by atoms with van der Waals surface area (Å²) in [6, 6.07) is 5.96. The van der Waals surface area contributed by atoms with Crippen LogP contribution in [0.25, 0.3) is 0 Å². The molecule has 0 saturated carbocycles. The van der Waals surface area contributed by atoms with E-state index in [2.05, 4.69) is 4.98 Å². The first-order valence-corrected chi connectivity index (χ1v) is 9.16. The highest BCUT2D eigenvalue weighted by molar-refractivity contribution is 7.90. The van der Waals surface area contributed by atoms with Gasteiger partial charge >= 0.3 is 0 Å². The summed E-state index contributed by atoms with van der Waals surface area (Å²) in [5.74, 6) is -0.131. The number of carbonyl (C=O) groups is 2. The Morgan fingerprint density at radius 2 is 1.88 bits per heavy atom. The van der Waals surface area contributed by atoms with Crippen molar-refractivity contribution in [2.24, 2.45) is 0 Å². The van der Waals surface area contributed by atoms with E-state index in [1.54, 1.807) is 26.0 Å². The second-order valence-electron chi connectivity index (χ2n) is 5.64. The van der Waals surface area contributed by atoms with Crippen LogP contribution in [0, 0.1) is 13.8 Å². The number of aromatic nitrogens is 1. The largest absolute Gasteiger partial charge is 0.485 e. The zero-order chi connectivity index (χ0) is 18.1. The van der Waals surface area contributed by atoms with Crippen molar-refractivity contribution in [1.82, 2.24) is 4.98 Å². The number of benzene rings is 1. The summed E-state index contributed by atoms with van der Waals surface area (Å²) in [7, 11) is -3.34. The van der Waals surface area contributed by atoms with E-state index >= 15 is 0 Å². The molecule has 1 aromatic carbocycles. The van der Waals surface area contributed by atoms with E-state index < -0.39 is 9.84 Å². The maximum absolute atomic E-state index is 12.3. The topological polar surface area (TPSA) is 93.3 Å². The van der Waals surface area contributed by atoms with Crippen molar-refractivity contribution in [2.45, 2.75) is 25.7 Å². The van der Waals surface area contributed by atoms with Crippen molar-refractivity contribution >= 4 is 21.4 Å². The van der Waals surface area contributed by atoms with Gasteiger partial charge in [-0.05, 0) is 44.5 Å². The maximum atomic E-state index is 12.3. The highest BCUT2D eigenvalue weighted by Crippen LogP contribution is 2.20. The van der Waals surface area contributed by atoms with Gasteiger partial charge in [-0.15, -0.1) is 0 Å². The van der Waals surface area contributed by atoms with Crippen LogP contribution in [0.5, 0.6) is 5.75 Å². The van der Waals surface area contributed by atoms with Gasteiger partial charge in [0.1, 0.15) is 5.75 Å². The third-order valence-corrected chi connectivity index (χ3v) is 4.78. The molecule has 24 heavy (non-hydrogen) atoms. The third-order valence-electron chi connectivity index (χ3n) is 3.67. The van der Waals surface area contributed by atoms with E-state index in [-0.39, 0.29) is 23.1 Å². The number of Topliss-reactive ketones (excluding diaryl/α,β-unsaturated/α-hetero) is 2. The number of aryl methyl sites for hydroxylation is 1. The summed E-state index contributed by atoms with van der Waals surface area (Å²) in [4.78, 5) is 27.0. The lowest BCUT2D eigenvalue weighted by Crippen LogP contribution is -2.13. The van der Waals surface area contributed by atoms with Crippen molar-refractivity contribution in [3.63, 3.8) is 0 Å². The van der Waals surface area contributed by atoms with E-state index in [1.165, 1.54) is 19.1 Å². The minimum absolute atomic E-state index is 0.109. The molecule has 0 saturated heterocycles. The van der Waals surface area contributed by atoms with Crippen molar-refractivity contribution in [1.29, 1.82) is 0 Å². The summed E-state index contributed by atoms with van der Waals surface area (Å²) in [5.41, 5.74) is 2.08. The second kappa shape index (κ2) is 6.60. The van der Waals surface area contributed by atoms with Gasteiger partial charge in [-0.2, -0.15) is 0 Å². The van der Waals surface area contributed by atoms with E-state index in [9.17, 15) is 18.0 Å². The Labute approximate surface area is 140 Å². The predicted octanol–water partition coefficient (Wildman–Crippen LogP) is 2.50. The van der Waals surface area contributed by atoms with E-state index in [0.29, 0.717) is 28.3 Å². The van der Waals surface area contributed by atoms with Crippen LogP contribution in [0.2, 0.25) is 0 Å². The van der Waals surface area contributed by atoms with Crippen LogP contribution in [0.3, 0.4) is 0 Å². The standard InChI is InChI=1S/C17H19NO5S/c1-10-16(12(3)19)11(2)18-17(10)15(20)9-23-13-6-5-7-14(8-13)24(4,21)22/h5-8,18H,9H2,1-4H3. The number of H-pyrrole nitrogens is 1. The van der Waals surface area contributed by atoms with E-state index in [1.807, 2.05) is 0 Å². The number of hydrogen-bond acceptors (Lipinski definition) is 5. The molecule has 0 aliphatic heterocycles. The van der Waals surface area contributed by atoms with Crippen LogP contribution >= 0.6 is 0 Å². The Kier molecular flexibility index (Phi) is 4.94. The number of nitrogens with one attached hydrogen (secondary N) is 1. The van der Waals surface area contributed by atoms with Gasteiger partial charge < -0.3 is 9.72 Å². The molecule has 1 aromatic heterocycles. The summed E-state index contributed by atoms with van der Waals surface area (Å²) in [6.07, 6.45) is 1.10. The molecule has 0 unspecified atom stereocenters. The molecule has 1 N–H and O–H groups in total. The monoisotopic (exact) mass is 349 g/mol. The van der Waals surface area contributed by atoms with Crippen LogP contribution in [-0.4, -0.2) is 37.8 Å². The average Bonchev–Trinajstić information content (AvgIpc) is 2.79. The smallest absolute Gasteiger partial charge is 0.216 e. The molecule has 1 heterocycles. The summed E-state index contributed by atoms with van der Waals surface area (Å²) in [5, 5.41) is 0. The molecule has 0 atom stereocenters. The highest BCUT2D eigenvalue weighted by atomic mass is 32.2. The summed E-state index contributed by atoms with van der Waals surface area (Å²) >= 11 is 0. The van der Waals surface area contributed by atoms with Crippen molar-refractivity contribution < 1.29 is 22.7 Å². The van der Waals surface area contributed by atoms with E-state index in [0.717, 1.165) is 6.26 Å². The number of aromatic amines is 1. The Hall–Kier alpha value is -2.41. The van der Waals surface area contributed by atoms with Gasteiger partial charge in [-0.1, -0.05) is 6.07 Å². The first kappa shape index (κ1) is 17.9. The fourth-order valence-electron chi connectivity index (χ4n) is 2.57. The fraction of sp³-hybridized carbons (Fsp3) is 0.294. The van der Waals surface area contributed by atoms with Gasteiger partial charge in [-0.25, -0.2) is 8.42 Å². The van der Waals surface area contributed by atoms with Crippen LogP contribution in [0.4, 0.5) is 0 Å².